The van der Waals surface area contributed by atoms with Gasteiger partial charge < -0.3 is 23.9 Å². The van der Waals surface area contributed by atoms with E-state index in [9.17, 15) is 9.59 Å². The lowest BCUT2D eigenvalue weighted by Gasteiger charge is -2.11. The number of halogens is 1. The highest BCUT2D eigenvalue weighted by atomic mass is 79.9. The van der Waals surface area contributed by atoms with Crippen LogP contribution in [0.4, 0.5) is 5.69 Å². The number of carbonyl (C=O) groups is 2. The first-order valence-electron chi connectivity index (χ1n) is 8.37. The van der Waals surface area contributed by atoms with Crippen molar-refractivity contribution >= 4 is 33.5 Å². The number of nitrogens with one attached hydrogen (secondary N) is 1. The number of furan rings is 1. The van der Waals surface area contributed by atoms with Crippen molar-refractivity contribution in [1.82, 2.24) is 9.78 Å². The highest BCUT2D eigenvalue weighted by Gasteiger charge is 2.17. The molecule has 10 heteroatoms. The monoisotopic (exact) mass is 463 g/mol. The van der Waals surface area contributed by atoms with E-state index in [1.807, 2.05) is 0 Å². The number of aromatic nitrogens is 2. The van der Waals surface area contributed by atoms with Gasteiger partial charge in [0.1, 0.15) is 5.76 Å². The number of amides is 1. The summed E-state index contributed by atoms with van der Waals surface area (Å²) in [6, 6.07) is 6.43. The zero-order valence-electron chi connectivity index (χ0n) is 15.9. The summed E-state index contributed by atoms with van der Waals surface area (Å²) >= 11 is 3.37. The molecule has 1 aromatic carbocycles. The molecule has 152 valence electrons. The summed E-state index contributed by atoms with van der Waals surface area (Å²) in [5.74, 6) is 0.688. The lowest BCUT2D eigenvalue weighted by molar-refractivity contribution is 0.0562. The molecule has 1 amide bonds. The Morgan fingerprint density at radius 1 is 1.17 bits per heavy atom. The van der Waals surface area contributed by atoms with E-state index in [-0.39, 0.29) is 18.2 Å². The number of esters is 1. The van der Waals surface area contributed by atoms with Gasteiger partial charge >= 0.3 is 5.97 Å². The Bertz CT molecular complexity index is 1040. The van der Waals surface area contributed by atoms with Gasteiger partial charge in [0.2, 0.25) is 5.76 Å². The smallest absolute Gasteiger partial charge is 0.373 e. The summed E-state index contributed by atoms with van der Waals surface area (Å²) in [4.78, 5) is 24.1. The van der Waals surface area contributed by atoms with E-state index in [2.05, 4.69) is 31.1 Å². The van der Waals surface area contributed by atoms with Gasteiger partial charge in [-0.25, -0.2) is 4.79 Å². The number of nitrogens with zero attached hydrogens (tertiary/aromatic N) is 2. The van der Waals surface area contributed by atoms with Crippen LogP contribution in [0.5, 0.6) is 11.5 Å². The minimum atomic E-state index is -0.551. The van der Waals surface area contributed by atoms with Crippen molar-refractivity contribution < 1.29 is 28.2 Å². The van der Waals surface area contributed by atoms with Crippen molar-refractivity contribution in [2.75, 3.05) is 26.6 Å². The van der Waals surface area contributed by atoms with Gasteiger partial charge in [0.25, 0.3) is 5.91 Å². The zero-order valence-corrected chi connectivity index (χ0v) is 17.5. The summed E-state index contributed by atoms with van der Waals surface area (Å²) < 4.78 is 22.6. The lowest BCUT2D eigenvalue weighted by atomic mass is 10.2. The van der Waals surface area contributed by atoms with Crippen LogP contribution in [-0.4, -0.2) is 43.0 Å². The molecular formula is C19H18BrN3O6. The Morgan fingerprint density at radius 3 is 2.59 bits per heavy atom. The topological polar surface area (TPSA) is 105 Å². The minimum Gasteiger partial charge on any atom is -0.493 e. The van der Waals surface area contributed by atoms with E-state index < -0.39 is 5.97 Å². The second-order valence-electron chi connectivity index (χ2n) is 5.83. The molecule has 0 radical (unpaired) electrons. The fourth-order valence-electron chi connectivity index (χ4n) is 2.57. The number of rotatable bonds is 7. The Balaban J connectivity index is 1.71. The molecule has 0 aliphatic rings. The third-order valence-electron chi connectivity index (χ3n) is 3.98. The summed E-state index contributed by atoms with van der Waals surface area (Å²) in [7, 11) is 4.30. The van der Waals surface area contributed by atoms with Gasteiger partial charge in [0, 0.05) is 10.7 Å². The van der Waals surface area contributed by atoms with Gasteiger partial charge in [0.05, 0.1) is 45.3 Å². The molecule has 9 nitrogen and oxygen atoms in total. The van der Waals surface area contributed by atoms with E-state index in [0.717, 1.165) is 0 Å². The Kier molecular flexibility index (Phi) is 6.23. The van der Waals surface area contributed by atoms with Crippen LogP contribution in [0.2, 0.25) is 0 Å². The summed E-state index contributed by atoms with van der Waals surface area (Å²) in [6.07, 6.45) is 3.16. The summed E-state index contributed by atoms with van der Waals surface area (Å²) in [6.45, 7) is 0.285. The quantitative estimate of drug-likeness (QED) is 0.535. The molecule has 0 saturated heterocycles. The second kappa shape index (κ2) is 8.82. The van der Waals surface area contributed by atoms with Crippen molar-refractivity contribution in [1.29, 1.82) is 0 Å². The van der Waals surface area contributed by atoms with Gasteiger partial charge in [-0.2, -0.15) is 5.10 Å². The molecule has 0 unspecified atom stereocenters. The first-order chi connectivity index (χ1) is 13.9. The maximum atomic E-state index is 12.6. The van der Waals surface area contributed by atoms with E-state index in [0.29, 0.717) is 33.0 Å². The molecule has 3 aromatic rings. The molecular weight excluding hydrogens is 446 g/mol. The molecule has 2 heterocycles. The molecule has 29 heavy (non-hydrogen) atoms. The van der Waals surface area contributed by atoms with E-state index in [4.69, 9.17) is 13.9 Å². The highest BCUT2D eigenvalue weighted by Crippen LogP contribution is 2.33. The fraction of sp³-hybridized carbons (Fsp3) is 0.211. The molecule has 0 bridgehead atoms. The number of carbonyl (C=O) groups excluding carboxylic acids is 2. The van der Waals surface area contributed by atoms with E-state index in [1.54, 1.807) is 29.1 Å². The normalized spacial score (nSPS) is 10.5. The van der Waals surface area contributed by atoms with E-state index >= 15 is 0 Å². The number of benzene rings is 1. The summed E-state index contributed by atoms with van der Waals surface area (Å²) in [5, 5.41) is 6.96. The average molecular weight is 464 g/mol. The Hall–Kier alpha value is -3.27. The average Bonchev–Trinajstić information content (AvgIpc) is 3.36. The predicted octanol–water partition coefficient (Wildman–Crippen LogP) is 3.34. The van der Waals surface area contributed by atoms with Crippen LogP contribution in [0.3, 0.4) is 0 Å². The molecule has 0 fully saturated rings. The van der Waals surface area contributed by atoms with Crippen LogP contribution in [0.1, 0.15) is 26.7 Å². The molecule has 0 spiro atoms. The van der Waals surface area contributed by atoms with E-state index in [1.165, 1.54) is 33.6 Å². The third-order valence-corrected chi connectivity index (χ3v) is 4.63. The van der Waals surface area contributed by atoms with Gasteiger partial charge in [-0.05, 0) is 40.2 Å². The second-order valence-corrected chi connectivity index (χ2v) is 6.68. The fourth-order valence-corrected chi connectivity index (χ4v) is 3.08. The Morgan fingerprint density at radius 2 is 1.90 bits per heavy atom. The molecule has 0 aliphatic carbocycles. The maximum Gasteiger partial charge on any atom is 0.373 e. The first-order valence-corrected chi connectivity index (χ1v) is 9.16. The van der Waals surface area contributed by atoms with Crippen molar-refractivity contribution in [3.63, 3.8) is 0 Å². The van der Waals surface area contributed by atoms with Gasteiger partial charge in [-0.15, -0.1) is 0 Å². The van der Waals surface area contributed by atoms with Crippen LogP contribution in [0.25, 0.3) is 0 Å². The zero-order chi connectivity index (χ0) is 21.0. The summed E-state index contributed by atoms with van der Waals surface area (Å²) in [5.41, 5.74) is 0.876. The molecule has 0 atom stereocenters. The number of hydrogen-bond acceptors (Lipinski definition) is 7. The molecule has 0 saturated carbocycles. The standard InChI is InChI=1S/C19H18BrN3O6/c1-26-16-6-13(14(20)7-17(16)27-2)18(24)22-11-8-21-23(9-11)10-12-4-5-15(29-12)19(25)28-3/h4-9H,10H2,1-3H3,(H,22,24). The SMILES string of the molecule is COC(=O)c1ccc(Cn2cc(NC(=O)c3cc(OC)c(OC)cc3Br)cn2)o1. The van der Waals surface area contributed by atoms with Crippen LogP contribution in [0.15, 0.2) is 45.5 Å². The van der Waals surface area contributed by atoms with Crippen LogP contribution >= 0.6 is 15.9 Å². The molecule has 3 rings (SSSR count). The molecule has 1 N–H and O–H groups in total. The van der Waals surface area contributed by atoms with Crippen molar-refractivity contribution in [3.8, 4) is 11.5 Å². The molecule has 2 aromatic heterocycles. The third kappa shape index (κ3) is 4.60. The van der Waals surface area contributed by atoms with Crippen molar-refractivity contribution in [2.24, 2.45) is 0 Å². The number of hydrogen-bond donors (Lipinski definition) is 1. The Labute approximate surface area is 174 Å². The number of methoxy groups -OCH3 is 3. The number of anilines is 1. The van der Waals surface area contributed by atoms with Gasteiger partial charge in [0.15, 0.2) is 11.5 Å². The van der Waals surface area contributed by atoms with Gasteiger partial charge in [-0.3, -0.25) is 9.48 Å². The van der Waals surface area contributed by atoms with Gasteiger partial charge in [-0.1, -0.05) is 0 Å². The van der Waals surface area contributed by atoms with Crippen molar-refractivity contribution in [2.45, 2.75) is 6.54 Å². The van der Waals surface area contributed by atoms with Crippen LogP contribution in [-0.2, 0) is 11.3 Å². The maximum absolute atomic E-state index is 12.6. The molecule has 0 aliphatic heterocycles. The number of ether oxygens (including phenoxy) is 3. The minimum absolute atomic E-state index is 0.112. The van der Waals surface area contributed by atoms with Crippen LogP contribution in [0, 0.1) is 0 Å². The first kappa shape index (κ1) is 20.5. The largest absolute Gasteiger partial charge is 0.493 e. The predicted molar refractivity (Wildman–Crippen MR) is 107 cm³/mol. The highest BCUT2D eigenvalue weighted by molar-refractivity contribution is 9.10. The van der Waals surface area contributed by atoms with Crippen molar-refractivity contribution in [3.05, 3.63) is 58.2 Å². The lowest BCUT2D eigenvalue weighted by Crippen LogP contribution is -2.12. The van der Waals surface area contributed by atoms with Crippen LogP contribution < -0.4 is 14.8 Å².